The summed E-state index contributed by atoms with van der Waals surface area (Å²) in [5, 5.41) is 10.7. The van der Waals surface area contributed by atoms with E-state index in [1.165, 1.54) is 12.1 Å². The van der Waals surface area contributed by atoms with Gasteiger partial charge in [0.15, 0.2) is 5.82 Å². The molecule has 1 aliphatic rings. The van der Waals surface area contributed by atoms with Crippen LogP contribution in [0.25, 0.3) is 33.1 Å². The molecular weight excluding hydrogens is 549 g/mol. The number of rotatable bonds is 4. The van der Waals surface area contributed by atoms with E-state index in [1.807, 2.05) is 0 Å². The minimum Gasteiger partial charge on any atom is -0.386 e. The number of carbonyl (C=O) groups excluding carboxylic acids is 1. The number of carbonyl (C=O) groups is 1. The van der Waals surface area contributed by atoms with E-state index in [-0.39, 0.29) is 23.1 Å². The molecule has 0 radical (unpaired) electrons. The zero-order valence-electron chi connectivity index (χ0n) is 22.7. The van der Waals surface area contributed by atoms with Crippen molar-refractivity contribution in [2.75, 3.05) is 0 Å². The molecule has 1 atom stereocenters. The molecular formula is C31H25F3N4O4. The average Bonchev–Trinajstić information content (AvgIpc) is 3.28. The van der Waals surface area contributed by atoms with Crippen LogP contribution in [-0.2, 0) is 10.4 Å². The Kier molecular flexibility index (Phi) is 6.05. The van der Waals surface area contributed by atoms with Crippen molar-refractivity contribution >= 4 is 33.3 Å². The molecule has 1 amide bonds. The van der Waals surface area contributed by atoms with Gasteiger partial charge in [0.25, 0.3) is 5.56 Å². The van der Waals surface area contributed by atoms with Crippen molar-refractivity contribution in [1.29, 1.82) is 0 Å². The van der Waals surface area contributed by atoms with Crippen LogP contribution in [0.15, 0.2) is 63.9 Å². The summed E-state index contributed by atoms with van der Waals surface area (Å²) in [5.74, 6) is -4.41. The Balaban J connectivity index is 1.62. The molecule has 0 saturated heterocycles. The van der Waals surface area contributed by atoms with Crippen LogP contribution in [-0.4, -0.2) is 25.5 Å². The van der Waals surface area contributed by atoms with Gasteiger partial charge in [-0.1, -0.05) is 24.3 Å². The Morgan fingerprint density at radius 2 is 1.79 bits per heavy atom. The first-order chi connectivity index (χ1) is 19.8. The third-order valence-corrected chi connectivity index (χ3v) is 7.87. The maximum absolute atomic E-state index is 16.1. The number of aliphatic hydroxyl groups is 1. The van der Waals surface area contributed by atoms with Crippen LogP contribution in [0.3, 0.4) is 0 Å². The van der Waals surface area contributed by atoms with Gasteiger partial charge >= 0.3 is 5.69 Å². The summed E-state index contributed by atoms with van der Waals surface area (Å²) in [5.41, 5.74) is 4.98. The lowest BCUT2D eigenvalue weighted by molar-refractivity contribution is -0.119. The number of aromatic nitrogens is 3. The van der Waals surface area contributed by atoms with E-state index < -0.39 is 51.7 Å². The molecule has 214 valence electrons. The smallest absolute Gasteiger partial charge is 0.333 e. The second kappa shape index (κ2) is 9.31. The van der Waals surface area contributed by atoms with Crippen molar-refractivity contribution in [1.82, 2.24) is 14.5 Å². The minimum absolute atomic E-state index is 0.0772. The molecule has 3 aromatic carbocycles. The van der Waals surface area contributed by atoms with Crippen molar-refractivity contribution in [3.63, 3.8) is 0 Å². The highest BCUT2D eigenvalue weighted by Crippen LogP contribution is 2.47. The predicted molar refractivity (Wildman–Crippen MR) is 152 cm³/mol. The normalized spacial score (nSPS) is 15.5. The van der Waals surface area contributed by atoms with Gasteiger partial charge in [0, 0.05) is 40.2 Å². The Labute approximate surface area is 235 Å². The van der Waals surface area contributed by atoms with Gasteiger partial charge in [-0.15, -0.1) is 0 Å². The molecule has 1 aliphatic carbocycles. The molecule has 0 fully saturated rings. The number of amides is 1. The van der Waals surface area contributed by atoms with Crippen LogP contribution < -0.4 is 17.0 Å². The van der Waals surface area contributed by atoms with Gasteiger partial charge in [0.05, 0.1) is 28.1 Å². The number of allylic oxidation sites excluding steroid dienone is 1. The molecule has 5 aromatic rings. The van der Waals surface area contributed by atoms with Gasteiger partial charge in [-0.2, -0.15) is 0 Å². The summed E-state index contributed by atoms with van der Waals surface area (Å²) in [6, 6.07) is 11.2. The third kappa shape index (κ3) is 4.07. The average molecular weight is 575 g/mol. The van der Waals surface area contributed by atoms with Crippen LogP contribution >= 0.6 is 0 Å². The molecule has 0 saturated carbocycles. The van der Waals surface area contributed by atoms with Gasteiger partial charge in [-0.3, -0.25) is 9.59 Å². The monoisotopic (exact) mass is 574 g/mol. The number of fused-ring (bicyclic) bond motifs is 4. The SMILES string of the molecule is Cc1c(C2=C(F)C[C@H](C(N)=O)c3[nH]c4cc(C(C)(C)O)ccc4c32)cccc1-n1c(=O)[nH]c2c(F)cc(F)cc2c1=O. The van der Waals surface area contributed by atoms with Gasteiger partial charge < -0.3 is 20.8 Å². The summed E-state index contributed by atoms with van der Waals surface area (Å²) in [7, 11) is 0. The molecule has 0 spiro atoms. The number of hydrogen-bond acceptors (Lipinski definition) is 4. The van der Waals surface area contributed by atoms with Crippen LogP contribution in [0.4, 0.5) is 13.2 Å². The first-order valence-electron chi connectivity index (χ1n) is 13.1. The number of aromatic amines is 2. The Bertz CT molecular complexity index is 2130. The Morgan fingerprint density at radius 1 is 1.05 bits per heavy atom. The first-order valence-corrected chi connectivity index (χ1v) is 13.1. The van der Waals surface area contributed by atoms with Crippen molar-refractivity contribution in [3.8, 4) is 5.69 Å². The molecule has 2 heterocycles. The number of benzene rings is 3. The largest absolute Gasteiger partial charge is 0.386 e. The van der Waals surface area contributed by atoms with Crippen LogP contribution in [0.2, 0.25) is 0 Å². The minimum atomic E-state index is -1.16. The standard InChI is InChI=1S/C31H25F3N4O4/c1-13-16(5-4-6-23(13)38-29(40)19-10-15(32)11-21(34)26(19)37-30(38)41)24-20(33)12-18(28(35)39)27-25(24)17-8-7-14(31(2,3)42)9-22(17)36-27/h4-11,18,36,42H,12H2,1-3H3,(H2,35,39)(H,37,41)/t18-/m0/s1. The fraction of sp³-hybridized carbons (Fsp3) is 0.194. The molecule has 0 unspecified atom stereocenters. The topological polar surface area (TPSA) is 134 Å². The zero-order valence-corrected chi connectivity index (χ0v) is 22.7. The number of nitrogens with one attached hydrogen (secondary N) is 2. The fourth-order valence-corrected chi connectivity index (χ4v) is 5.77. The highest BCUT2D eigenvalue weighted by Gasteiger charge is 2.35. The van der Waals surface area contributed by atoms with Crippen LogP contribution in [0.1, 0.15) is 54.1 Å². The Morgan fingerprint density at radius 3 is 2.48 bits per heavy atom. The molecule has 0 bridgehead atoms. The number of halogens is 3. The quantitative estimate of drug-likeness (QED) is 0.248. The highest BCUT2D eigenvalue weighted by molar-refractivity contribution is 6.03. The van der Waals surface area contributed by atoms with E-state index in [1.54, 1.807) is 45.0 Å². The second-order valence-corrected chi connectivity index (χ2v) is 11.0. The summed E-state index contributed by atoms with van der Waals surface area (Å²) in [4.78, 5) is 44.3. The predicted octanol–water partition coefficient (Wildman–Crippen LogP) is 4.68. The molecule has 8 nitrogen and oxygen atoms in total. The van der Waals surface area contributed by atoms with Crippen molar-refractivity contribution in [2.45, 2.75) is 38.7 Å². The van der Waals surface area contributed by atoms with E-state index in [0.29, 0.717) is 44.9 Å². The van der Waals surface area contributed by atoms with Crippen molar-refractivity contribution in [3.05, 3.63) is 115 Å². The molecule has 0 aliphatic heterocycles. The van der Waals surface area contributed by atoms with E-state index in [9.17, 15) is 28.3 Å². The summed E-state index contributed by atoms with van der Waals surface area (Å²) < 4.78 is 45.1. The summed E-state index contributed by atoms with van der Waals surface area (Å²) in [6.07, 6.45) is -0.318. The van der Waals surface area contributed by atoms with E-state index in [0.717, 1.165) is 10.6 Å². The third-order valence-electron chi connectivity index (χ3n) is 7.87. The molecule has 5 N–H and O–H groups in total. The molecule has 11 heteroatoms. The Hall–Kier alpha value is -4.90. The highest BCUT2D eigenvalue weighted by atomic mass is 19.1. The van der Waals surface area contributed by atoms with Crippen molar-refractivity contribution < 1.29 is 23.1 Å². The van der Waals surface area contributed by atoms with Crippen LogP contribution in [0.5, 0.6) is 0 Å². The van der Waals surface area contributed by atoms with Gasteiger partial charge in [0.2, 0.25) is 5.91 Å². The fourth-order valence-electron chi connectivity index (χ4n) is 5.77. The number of nitrogens with two attached hydrogens (primary N) is 1. The van der Waals surface area contributed by atoms with Gasteiger partial charge in [0.1, 0.15) is 11.6 Å². The second-order valence-electron chi connectivity index (χ2n) is 11.0. The zero-order chi connectivity index (χ0) is 30.2. The number of primary amides is 1. The molecule has 42 heavy (non-hydrogen) atoms. The van der Waals surface area contributed by atoms with Crippen LogP contribution in [0, 0.1) is 18.6 Å². The number of hydrogen-bond donors (Lipinski definition) is 4. The number of nitrogens with zero attached hydrogens (tertiary/aromatic N) is 1. The van der Waals surface area contributed by atoms with E-state index >= 15 is 4.39 Å². The molecule has 6 rings (SSSR count). The van der Waals surface area contributed by atoms with Gasteiger partial charge in [-0.25, -0.2) is 22.5 Å². The van der Waals surface area contributed by atoms with Crippen molar-refractivity contribution in [2.24, 2.45) is 5.73 Å². The van der Waals surface area contributed by atoms with E-state index in [4.69, 9.17) is 5.73 Å². The maximum Gasteiger partial charge on any atom is 0.333 e. The summed E-state index contributed by atoms with van der Waals surface area (Å²) >= 11 is 0. The first kappa shape index (κ1) is 27.3. The van der Waals surface area contributed by atoms with Gasteiger partial charge in [-0.05, 0) is 55.7 Å². The molecule has 2 aromatic heterocycles. The number of H-pyrrole nitrogens is 2. The maximum atomic E-state index is 16.1. The lowest BCUT2D eigenvalue weighted by atomic mass is 9.81. The lowest BCUT2D eigenvalue weighted by Crippen LogP contribution is -2.34. The van der Waals surface area contributed by atoms with E-state index in [2.05, 4.69) is 9.97 Å². The lowest BCUT2D eigenvalue weighted by Gasteiger charge is -2.24. The summed E-state index contributed by atoms with van der Waals surface area (Å²) in [6.45, 7) is 4.85.